The summed E-state index contributed by atoms with van der Waals surface area (Å²) in [5, 5.41) is 2.80. The number of rotatable bonds is 7. The largest absolute Gasteiger partial charge is 0.465 e. The Kier molecular flexibility index (Phi) is 5.98. The van der Waals surface area contributed by atoms with Gasteiger partial charge in [-0.2, -0.15) is 9.97 Å². The number of aromatic amines is 1. The molecule has 0 unspecified atom stereocenters. The van der Waals surface area contributed by atoms with Gasteiger partial charge in [0.2, 0.25) is 0 Å². The highest BCUT2D eigenvalue weighted by atomic mass is 32.1. The first-order valence-electron chi connectivity index (χ1n) is 11.2. The number of H-pyrrole nitrogens is 1. The van der Waals surface area contributed by atoms with E-state index >= 15 is 0 Å². The number of aromatic nitrogens is 5. The SMILES string of the molecule is CCCOc1nc2c(C)cc(C)nc2n1Cc1ccc(-c2ccccc2-c2nc(=S)o[nH]2)cc1. The monoisotopic (exact) mass is 471 g/mol. The number of benzene rings is 2. The van der Waals surface area contributed by atoms with Crippen molar-refractivity contribution in [1.82, 2.24) is 24.7 Å². The molecule has 0 atom stereocenters. The number of nitrogens with zero attached hydrogens (tertiary/aromatic N) is 4. The Labute approximate surface area is 202 Å². The van der Waals surface area contributed by atoms with Crippen LogP contribution in [0.3, 0.4) is 0 Å². The van der Waals surface area contributed by atoms with Crippen LogP contribution in [0.25, 0.3) is 33.7 Å². The first kappa shape index (κ1) is 22.0. The van der Waals surface area contributed by atoms with E-state index in [0.29, 0.717) is 25.0 Å². The molecule has 0 aliphatic heterocycles. The Morgan fingerprint density at radius 3 is 2.47 bits per heavy atom. The number of hydrogen-bond acceptors (Lipinski definition) is 6. The van der Waals surface area contributed by atoms with E-state index in [2.05, 4.69) is 65.0 Å². The van der Waals surface area contributed by atoms with Gasteiger partial charge in [-0.05, 0) is 60.8 Å². The third-order valence-electron chi connectivity index (χ3n) is 5.65. The first-order valence-corrected chi connectivity index (χ1v) is 11.7. The highest BCUT2D eigenvalue weighted by molar-refractivity contribution is 7.71. The standard InChI is InChI=1S/C26H25N5O2S/c1-4-13-32-25-28-22-16(2)14-17(3)27-24(22)31(25)15-18-9-11-19(12-10-18)20-7-5-6-8-21(20)23-29-26(34)33-30-23/h5-12,14H,4,13,15H2,1-3H3,(H,29,30,34). The minimum atomic E-state index is 0.188. The van der Waals surface area contributed by atoms with Crippen molar-refractivity contribution in [2.24, 2.45) is 0 Å². The van der Waals surface area contributed by atoms with Gasteiger partial charge in [-0.3, -0.25) is 4.57 Å². The Hall–Kier alpha value is -3.78. The van der Waals surface area contributed by atoms with Crippen molar-refractivity contribution < 1.29 is 9.26 Å². The van der Waals surface area contributed by atoms with Crippen LogP contribution in [0.2, 0.25) is 0 Å². The lowest BCUT2D eigenvalue weighted by molar-refractivity contribution is 0.282. The topological polar surface area (TPSA) is 81.8 Å². The van der Waals surface area contributed by atoms with Gasteiger partial charge < -0.3 is 9.26 Å². The summed E-state index contributed by atoms with van der Waals surface area (Å²) < 4.78 is 13.2. The Morgan fingerprint density at radius 1 is 1.00 bits per heavy atom. The summed E-state index contributed by atoms with van der Waals surface area (Å²) in [5.74, 6) is 0.615. The van der Waals surface area contributed by atoms with Gasteiger partial charge in [0.15, 0.2) is 11.5 Å². The highest BCUT2D eigenvalue weighted by Gasteiger charge is 2.16. The molecule has 8 heteroatoms. The summed E-state index contributed by atoms with van der Waals surface area (Å²) in [6, 6.07) is 19.2. The highest BCUT2D eigenvalue weighted by Crippen LogP contribution is 2.31. The summed E-state index contributed by atoms with van der Waals surface area (Å²) in [4.78, 5) is 14.0. The zero-order chi connectivity index (χ0) is 23.7. The van der Waals surface area contributed by atoms with Crippen LogP contribution in [0.15, 0.2) is 59.1 Å². The molecule has 0 bridgehead atoms. The molecule has 0 amide bonds. The zero-order valence-corrected chi connectivity index (χ0v) is 20.1. The lowest BCUT2D eigenvalue weighted by atomic mass is 9.98. The Bertz CT molecular complexity index is 1510. The fourth-order valence-electron chi connectivity index (χ4n) is 4.09. The maximum absolute atomic E-state index is 5.98. The van der Waals surface area contributed by atoms with Crippen LogP contribution >= 0.6 is 12.2 Å². The average molecular weight is 472 g/mol. The minimum absolute atomic E-state index is 0.188. The fourth-order valence-corrected chi connectivity index (χ4v) is 4.22. The van der Waals surface area contributed by atoms with Crippen LogP contribution in [0.1, 0.15) is 30.2 Å². The molecule has 3 aromatic heterocycles. The van der Waals surface area contributed by atoms with E-state index in [4.69, 9.17) is 31.4 Å². The normalized spacial score (nSPS) is 11.3. The quantitative estimate of drug-likeness (QED) is 0.282. The predicted molar refractivity (Wildman–Crippen MR) is 134 cm³/mol. The number of nitrogens with one attached hydrogen (secondary N) is 1. The maximum Gasteiger partial charge on any atom is 0.314 e. The van der Waals surface area contributed by atoms with Crippen molar-refractivity contribution >= 4 is 23.4 Å². The van der Waals surface area contributed by atoms with E-state index in [9.17, 15) is 0 Å². The molecule has 0 saturated heterocycles. The van der Waals surface area contributed by atoms with E-state index in [1.54, 1.807) is 0 Å². The van der Waals surface area contributed by atoms with Gasteiger partial charge in [-0.25, -0.2) is 10.1 Å². The average Bonchev–Trinajstić information content (AvgIpc) is 3.42. The third kappa shape index (κ3) is 4.24. The fraction of sp³-hybridized carbons (Fsp3) is 0.231. The molecule has 2 aromatic carbocycles. The molecule has 0 radical (unpaired) electrons. The van der Waals surface area contributed by atoms with E-state index < -0.39 is 0 Å². The molecular weight excluding hydrogens is 446 g/mol. The van der Waals surface area contributed by atoms with E-state index in [1.165, 1.54) is 0 Å². The van der Waals surface area contributed by atoms with Gasteiger partial charge in [0.1, 0.15) is 5.52 Å². The van der Waals surface area contributed by atoms with Gasteiger partial charge in [0.05, 0.1) is 13.2 Å². The number of imidazole rings is 1. The number of hydrogen-bond donors (Lipinski definition) is 1. The van der Waals surface area contributed by atoms with E-state index in [0.717, 1.165) is 51.1 Å². The molecule has 3 heterocycles. The maximum atomic E-state index is 5.98. The summed E-state index contributed by atoms with van der Waals surface area (Å²) in [7, 11) is 0. The first-order chi connectivity index (χ1) is 16.5. The molecular formula is C26H25N5O2S. The Balaban J connectivity index is 1.50. The molecule has 0 fully saturated rings. The summed E-state index contributed by atoms with van der Waals surface area (Å²) >= 11 is 5.02. The lowest BCUT2D eigenvalue weighted by Gasteiger charge is -2.11. The van der Waals surface area contributed by atoms with Crippen LogP contribution in [0.5, 0.6) is 6.01 Å². The summed E-state index contributed by atoms with van der Waals surface area (Å²) in [6.45, 7) is 7.38. The van der Waals surface area contributed by atoms with E-state index in [-0.39, 0.29) is 4.84 Å². The second-order valence-corrected chi connectivity index (χ2v) is 8.60. The summed E-state index contributed by atoms with van der Waals surface area (Å²) in [6.07, 6.45) is 0.915. The molecule has 0 saturated carbocycles. The van der Waals surface area contributed by atoms with Gasteiger partial charge in [0, 0.05) is 11.3 Å². The molecule has 0 aliphatic rings. The van der Waals surface area contributed by atoms with Crippen molar-refractivity contribution in [2.75, 3.05) is 6.61 Å². The van der Waals surface area contributed by atoms with Crippen molar-refractivity contribution in [3.8, 4) is 28.5 Å². The molecule has 5 rings (SSSR count). The van der Waals surface area contributed by atoms with Gasteiger partial charge in [-0.1, -0.05) is 55.5 Å². The number of aryl methyl sites for hydroxylation is 2. The van der Waals surface area contributed by atoms with Crippen molar-refractivity contribution in [3.63, 3.8) is 0 Å². The molecule has 34 heavy (non-hydrogen) atoms. The van der Waals surface area contributed by atoms with Gasteiger partial charge >= 0.3 is 4.84 Å². The van der Waals surface area contributed by atoms with Crippen LogP contribution in [-0.4, -0.2) is 31.3 Å². The van der Waals surface area contributed by atoms with Gasteiger partial charge in [-0.15, -0.1) is 0 Å². The predicted octanol–water partition coefficient (Wildman–Crippen LogP) is 6.26. The molecule has 7 nitrogen and oxygen atoms in total. The molecule has 0 spiro atoms. The second kappa shape index (κ2) is 9.23. The van der Waals surface area contributed by atoms with Crippen molar-refractivity contribution in [3.05, 3.63) is 76.3 Å². The summed E-state index contributed by atoms with van der Waals surface area (Å²) in [5.41, 5.74) is 7.97. The molecule has 172 valence electrons. The van der Waals surface area contributed by atoms with Crippen LogP contribution in [-0.2, 0) is 6.54 Å². The number of ether oxygens (including phenoxy) is 1. The van der Waals surface area contributed by atoms with E-state index in [1.807, 2.05) is 25.1 Å². The van der Waals surface area contributed by atoms with Crippen LogP contribution in [0.4, 0.5) is 0 Å². The number of pyridine rings is 1. The molecule has 1 N–H and O–H groups in total. The number of fused-ring (bicyclic) bond motifs is 1. The smallest absolute Gasteiger partial charge is 0.314 e. The Morgan fingerprint density at radius 2 is 1.76 bits per heavy atom. The second-order valence-electron chi connectivity index (χ2n) is 8.25. The lowest BCUT2D eigenvalue weighted by Crippen LogP contribution is -2.07. The van der Waals surface area contributed by atoms with Crippen LogP contribution in [0, 0.1) is 18.7 Å². The van der Waals surface area contributed by atoms with Crippen molar-refractivity contribution in [1.29, 1.82) is 0 Å². The third-order valence-corrected chi connectivity index (χ3v) is 5.82. The van der Waals surface area contributed by atoms with Crippen LogP contribution < -0.4 is 4.74 Å². The zero-order valence-electron chi connectivity index (χ0n) is 19.3. The van der Waals surface area contributed by atoms with Gasteiger partial charge in [0.25, 0.3) is 6.01 Å². The molecule has 5 aromatic rings. The molecule has 0 aliphatic carbocycles. The minimum Gasteiger partial charge on any atom is -0.465 e. The van der Waals surface area contributed by atoms with Crippen molar-refractivity contribution in [2.45, 2.75) is 33.7 Å².